The van der Waals surface area contributed by atoms with Crippen molar-refractivity contribution in [2.45, 2.75) is 56.9 Å². The fraction of sp³-hybridized carbons (Fsp3) is 0.588. The van der Waals surface area contributed by atoms with Gasteiger partial charge in [0.1, 0.15) is 0 Å². The van der Waals surface area contributed by atoms with Gasteiger partial charge in [0, 0.05) is 23.0 Å². The first-order chi connectivity index (χ1) is 10.1. The van der Waals surface area contributed by atoms with Crippen LogP contribution in [0.15, 0.2) is 24.3 Å². The second kappa shape index (κ2) is 7.74. The minimum Gasteiger partial charge on any atom is -0.382 e. The minimum absolute atomic E-state index is 0.0468. The second-order valence-corrected chi connectivity index (χ2v) is 7.18. The molecule has 2 atom stereocenters. The summed E-state index contributed by atoms with van der Waals surface area (Å²) in [6.45, 7) is 4.16. The van der Waals surface area contributed by atoms with Crippen LogP contribution in [0.1, 0.15) is 49.9 Å². The summed E-state index contributed by atoms with van der Waals surface area (Å²) in [5.41, 5.74) is 1.67. The molecule has 1 aliphatic rings. The van der Waals surface area contributed by atoms with Gasteiger partial charge in [-0.3, -0.25) is 4.79 Å². The van der Waals surface area contributed by atoms with E-state index >= 15 is 0 Å². The number of thioether (sulfide) groups is 1. The lowest BCUT2D eigenvalue weighted by Gasteiger charge is -2.29. The third-order valence-electron chi connectivity index (χ3n) is 3.91. The Hall–Kier alpha value is -1.16. The fourth-order valence-electron chi connectivity index (χ4n) is 2.87. The molecule has 0 aliphatic heterocycles. The molecule has 2 unspecified atom stereocenters. The Labute approximate surface area is 132 Å². The van der Waals surface area contributed by atoms with Crippen molar-refractivity contribution < 1.29 is 4.79 Å². The van der Waals surface area contributed by atoms with E-state index in [9.17, 15) is 4.79 Å². The third kappa shape index (κ3) is 4.67. The number of para-hydroxylation sites is 1. The van der Waals surface area contributed by atoms with Crippen LogP contribution < -0.4 is 10.6 Å². The van der Waals surface area contributed by atoms with Crippen molar-refractivity contribution in [2.75, 3.05) is 11.6 Å². The number of hydrogen-bond donors (Lipinski definition) is 2. The lowest BCUT2D eigenvalue weighted by molar-refractivity contribution is 0.0929. The Morgan fingerprint density at radius 2 is 2.05 bits per heavy atom. The van der Waals surface area contributed by atoms with Gasteiger partial charge in [-0.25, -0.2) is 0 Å². The number of nitrogens with one attached hydrogen (secondary N) is 2. The van der Waals surface area contributed by atoms with Gasteiger partial charge < -0.3 is 10.6 Å². The van der Waals surface area contributed by atoms with E-state index in [1.165, 1.54) is 12.8 Å². The van der Waals surface area contributed by atoms with Crippen LogP contribution in [-0.4, -0.2) is 29.5 Å². The number of amides is 1. The van der Waals surface area contributed by atoms with E-state index in [-0.39, 0.29) is 5.91 Å². The molecule has 1 aromatic rings. The summed E-state index contributed by atoms with van der Waals surface area (Å²) in [6.07, 6.45) is 6.84. The molecule has 2 N–H and O–H groups in total. The van der Waals surface area contributed by atoms with Crippen molar-refractivity contribution in [3.8, 4) is 0 Å². The number of anilines is 1. The molecule has 3 nitrogen and oxygen atoms in total. The molecule has 116 valence electrons. The largest absolute Gasteiger partial charge is 0.382 e. The predicted octanol–water partition coefficient (Wildman–Crippen LogP) is 3.91. The normalized spacial score (nSPS) is 22.1. The highest BCUT2D eigenvalue weighted by atomic mass is 32.2. The number of rotatable bonds is 5. The zero-order valence-electron chi connectivity index (χ0n) is 13.2. The van der Waals surface area contributed by atoms with E-state index in [4.69, 9.17) is 0 Å². The number of carbonyl (C=O) groups excluding carboxylic acids is 1. The molecule has 1 aliphatic carbocycles. The van der Waals surface area contributed by atoms with Gasteiger partial charge in [0.15, 0.2) is 0 Å². The summed E-state index contributed by atoms with van der Waals surface area (Å²) in [7, 11) is 0. The van der Waals surface area contributed by atoms with Gasteiger partial charge in [-0.05, 0) is 51.5 Å². The molecule has 1 saturated carbocycles. The SMILES string of the molecule is CSC1CCCC(NC(=O)c2ccccc2NC(C)C)C1. The maximum absolute atomic E-state index is 12.6. The van der Waals surface area contributed by atoms with Gasteiger partial charge in [-0.15, -0.1) is 0 Å². The Bertz CT molecular complexity index is 476. The van der Waals surface area contributed by atoms with Crippen molar-refractivity contribution in [1.82, 2.24) is 5.32 Å². The van der Waals surface area contributed by atoms with Crippen molar-refractivity contribution in [1.29, 1.82) is 0 Å². The van der Waals surface area contributed by atoms with Gasteiger partial charge in [-0.1, -0.05) is 18.6 Å². The Kier molecular flexibility index (Phi) is 5.97. The molecule has 21 heavy (non-hydrogen) atoms. The van der Waals surface area contributed by atoms with Crippen molar-refractivity contribution in [3.05, 3.63) is 29.8 Å². The summed E-state index contributed by atoms with van der Waals surface area (Å²) < 4.78 is 0. The maximum Gasteiger partial charge on any atom is 0.253 e. The molecule has 4 heteroatoms. The second-order valence-electron chi connectivity index (χ2n) is 6.04. The molecule has 0 spiro atoms. The van der Waals surface area contributed by atoms with E-state index in [0.29, 0.717) is 17.3 Å². The zero-order valence-corrected chi connectivity index (χ0v) is 14.0. The average Bonchev–Trinajstić information content (AvgIpc) is 2.47. The van der Waals surface area contributed by atoms with Gasteiger partial charge in [-0.2, -0.15) is 11.8 Å². The first kappa shape index (κ1) is 16.2. The van der Waals surface area contributed by atoms with Crippen molar-refractivity contribution in [2.24, 2.45) is 0 Å². The standard InChI is InChI=1S/C17H26N2OS/c1-12(2)18-16-10-5-4-9-15(16)17(20)19-13-7-6-8-14(11-13)21-3/h4-5,9-10,12-14,18H,6-8,11H2,1-3H3,(H,19,20). The topological polar surface area (TPSA) is 41.1 Å². The van der Waals surface area contributed by atoms with Crippen LogP contribution in [0.4, 0.5) is 5.69 Å². The molecular weight excluding hydrogens is 280 g/mol. The van der Waals surface area contributed by atoms with Crippen molar-refractivity contribution >= 4 is 23.4 Å². The van der Waals surface area contributed by atoms with Crippen LogP contribution in [0.5, 0.6) is 0 Å². The summed E-state index contributed by atoms with van der Waals surface area (Å²) in [6, 6.07) is 8.39. The molecule has 0 heterocycles. The lowest BCUT2D eigenvalue weighted by Crippen LogP contribution is -2.39. The van der Waals surface area contributed by atoms with E-state index in [1.807, 2.05) is 36.0 Å². The third-order valence-corrected chi connectivity index (χ3v) is 5.01. The predicted molar refractivity (Wildman–Crippen MR) is 92.2 cm³/mol. The van der Waals surface area contributed by atoms with Crippen molar-refractivity contribution in [3.63, 3.8) is 0 Å². The first-order valence-electron chi connectivity index (χ1n) is 7.79. The van der Waals surface area contributed by atoms with E-state index in [1.54, 1.807) is 0 Å². The van der Waals surface area contributed by atoms with Crippen LogP contribution in [0.2, 0.25) is 0 Å². The lowest BCUT2D eigenvalue weighted by atomic mass is 9.94. The highest BCUT2D eigenvalue weighted by molar-refractivity contribution is 7.99. The summed E-state index contributed by atoms with van der Waals surface area (Å²) >= 11 is 1.92. The van der Waals surface area contributed by atoms with E-state index in [0.717, 1.165) is 24.1 Å². The smallest absolute Gasteiger partial charge is 0.253 e. The van der Waals surface area contributed by atoms with E-state index < -0.39 is 0 Å². The quantitative estimate of drug-likeness (QED) is 0.866. The summed E-state index contributed by atoms with van der Waals surface area (Å²) in [5, 5.41) is 7.26. The number of carbonyl (C=O) groups is 1. The average molecular weight is 306 g/mol. The minimum atomic E-state index is 0.0468. The highest BCUT2D eigenvalue weighted by Crippen LogP contribution is 2.27. The molecule has 0 aromatic heterocycles. The van der Waals surface area contributed by atoms with E-state index in [2.05, 4.69) is 30.7 Å². The van der Waals surface area contributed by atoms with Crippen LogP contribution in [-0.2, 0) is 0 Å². The van der Waals surface area contributed by atoms with Crippen LogP contribution in [0.25, 0.3) is 0 Å². The fourth-order valence-corrected chi connectivity index (χ4v) is 3.70. The molecule has 0 bridgehead atoms. The number of hydrogen-bond acceptors (Lipinski definition) is 3. The zero-order chi connectivity index (χ0) is 15.2. The molecular formula is C17H26N2OS. The number of benzene rings is 1. The Morgan fingerprint density at radius 3 is 2.76 bits per heavy atom. The molecule has 1 amide bonds. The van der Waals surface area contributed by atoms with Gasteiger partial charge >= 0.3 is 0 Å². The van der Waals surface area contributed by atoms with Gasteiger partial charge in [0.05, 0.1) is 5.56 Å². The van der Waals surface area contributed by atoms with Gasteiger partial charge in [0.25, 0.3) is 5.91 Å². The Balaban J connectivity index is 2.03. The first-order valence-corrected chi connectivity index (χ1v) is 9.08. The van der Waals surface area contributed by atoms with Crippen LogP contribution >= 0.6 is 11.8 Å². The van der Waals surface area contributed by atoms with Gasteiger partial charge in [0.2, 0.25) is 0 Å². The van der Waals surface area contributed by atoms with Crippen LogP contribution in [0, 0.1) is 0 Å². The summed E-state index contributed by atoms with van der Waals surface area (Å²) in [5.74, 6) is 0.0468. The molecule has 2 rings (SSSR count). The maximum atomic E-state index is 12.6. The van der Waals surface area contributed by atoms with Crippen LogP contribution in [0.3, 0.4) is 0 Å². The molecule has 1 aromatic carbocycles. The molecule has 0 saturated heterocycles. The highest BCUT2D eigenvalue weighted by Gasteiger charge is 2.23. The molecule has 1 fully saturated rings. The molecule has 0 radical (unpaired) electrons. The monoisotopic (exact) mass is 306 g/mol. The summed E-state index contributed by atoms with van der Waals surface area (Å²) in [4.78, 5) is 12.6. The Morgan fingerprint density at radius 1 is 1.29 bits per heavy atom.